The Morgan fingerprint density at radius 2 is 1.20 bits per heavy atom. The first-order valence-corrected chi connectivity index (χ1v) is 10.6. The first-order valence-electron chi connectivity index (χ1n) is 10.6. The van der Waals surface area contributed by atoms with Gasteiger partial charge in [-0.2, -0.15) is 0 Å². The zero-order chi connectivity index (χ0) is 21.3. The molecule has 0 saturated heterocycles. The molecule has 30 heavy (non-hydrogen) atoms. The van der Waals surface area contributed by atoms with Crippen LogP contribution < -0.4 is 4.74 Å². The number of hydrogen-bond donors (Lipinski definition) is 0. The van der Waals surface area contributed by atoms with Crippen LogP contribution in [0.3, 0.4) is 0 Å². The summed E-state index contributed by atoms with van der Waals surface area (Å²) < 4.78 is 5.87. The van der Waals surface area contributed by atoms with Gasteiger partial charge in [0.05, 0.1) is 13.7 Å². The predicted octanol–water partition coefficient (Wildman–Crippen LogP) is 7.17. The Balaban J connectivity index is 2.06. The van der Waals surface area contributed by atoms with Crippen molar-refractivity contribution in [2.45, 2.75) is 39.8 Å². The van der Waals surface area contributed by atoms with Crippen LogP contribution in [0.4, 0.5) is 0 Å². The fourth-order valence-electron chi connectivity index (χ4n) is 4.31. The number of hydrogen-bond acceptors (Lipinski definition) is 2. The third kappa shape index (κ3) is 3.68. The highest BCUT2D eigenvalue weighted by atomic mass is 16.5. The summed E-state index contributed by atoms with van der Waals surface area (Å²) in [4.78, 5) is 2.30. The molecule has 0 atom stereocenters. The number of benzene rings is 4. The van der Waals surface area contributed by atoms with E-state index in [0.29, 0.717) is 12.1 Å². The van der Waals surface area contributed by atoms with Gasteiger partial charge in [0, 0.05) is 17.6 Å². The van der Waals surface area contributed by atoms with Crippen LogP contribution >= 0.6 is 0 Å². The van der Waals surface area contributed by atoms with Gasteiger partial charge in [0.2, 0.25) is 0 Å². The van der Waals surface area contributed by atoms with Gasteiger partial charge in [0.15, 0.2) is 0 Å². The van der Waals surface area contributed by atoms with Crippen LogP contribution in [-0.2, 0) is 0 Å². The summed E-state index contributed by atoms with van der Waals surface area (Å²) >= 11 is 0. The molecule has 0 aliphatic rings. The molecule has 2 radical (unpaired) electrons. The topological polar surface area (TPSA) is 12.5 Å². The Morgan fingerprint density at radius 3 is 1.77 bits per heavy atom. The smallest absolute Gasteiger partial charge is 0.127 e. The van der Waals surface area contributed by atoms with Crippen LogP contribution in [0.1, 0.15) is 33.3 Å². The second-order valence-corrected chi connectivity index (χ2v) is 8.28. The lowest BCUT2D eigenvalue weighted by molar-refractivity contribution is 0.231. The van der Waals surface area contributed by atoms with Crippen molar-refractivity contribution >= 4 is 21.5 Å². The van der Waals surface area contributed by atoms with E-state index >= 15 is 0 Å². The van der Waals surface area contributed by atoms with Crippen molar-refractivity contribution in [3.05, 3.63) is 84.9 Å². The van der Waals surface area contributed by atoms with Crippen LogP contribution in [0.15, 0.2) is 72.8 Å². The molecule has 0 bridgehead atoms. The second kappa shape index (κ2) is 8.49. The van der Waals surface area contributed by atoms with Gasteiger partial charge in [-0.3, -0.25) is 4.90 Å². The lowest BCUT2D eigenvalue weighted by Gasteiger charge is -2.30. The van der Waals surface area contributed by atoms with E-state index < -0.39 is 0 Å². The average Bonchev–Trinajstić information content (AvgIpc) is 2.76. The highest BCUT2D eigenvalue weighted by molar-refractivity contribution is 6.09. The van der Waals surface area contributed by atoms with Crippen LogP contribution in [0.25, 0.3) is 32.7 Å². The van der Waals surface area contributed by atoms with E-state index in [1.54, 1.807) is 7.11 Å². The minimum absolute atomic E-state index is 0.360. The van der Waals surface area contributed by atoms with Crippen LogP contribution in [0.5, 0.6) is 5.75 Å². The molecule has 4 aromatic rings. The van der Waals surface area contributed by atoms with Crippen LogP contribution in [-0.4, -0.2) is 24.1 Å². The maximum Gasteiger partial charge on any atom is 0.127 e. The van der Waals surface area contributed by atoms with E-state index in [1.807, 2.05) is 0 Å². The standard InChI is InChI=1S/C28H29NO/c1-19(2)29(20(3)4)18-23-15-14-21-10-6-8-12-24(21)27(23)28-25-13-9-7-11-22(25)16-17-26(28)30-5/h6-17,19-20H,1-5H3. The number of fused-ring (bicyclic) bond motifs is 2. The Bertz CT molecular complexity index is 1170. The zero-order valence-corrected chi connectivity index (χ0v) is 18.4. The van der Waals surface area contributed by atoms with E-state index in [-0.39, 0.29) is 0 Å². The molecule has 0 aliphatic heterocycles. The third-order valence-electron chi connectivity index (χ3n) is 5.65. The normalized spacial score (nSPS) is 11.9. The fraction of sp³-hybridized carbons (Fsp3) is 0.250. The van der Waals surface area contributed by atoms with Gasteiger partial charge in [0.1, 0.15) is 5.75 Å². The number of rotatable bonds is 6. The highest BCUT2D eigenvalue weighted by Gasteiger charge is 2.22. The predicted molar refractivity (Wildman–Crippen MR) is 128 cm³/mol. The van der Waals surface area contributed by atoms with Gasteiger partial charge in [-0.05, 0) is 66.4 Å². The van der Waals surface area contributed by atoms with Crippen molar-refractivity contribution in [3.63, 3.8) is 0 Å². The Labute approximate surface area is 180 Å². The molecule has 0 N–H and O–H groups in total. The van der Waals surface area contributed by atoms with Crippen molar-refractivity contribution in [3.8, 4) is 16.9 Å². The second-order valence-electron chi connectivity index (χ2n) is 8.28. The summed E-state index contributed by atoms with van der Waals surface area (Å²) in [5.41, 5.74) is 3.39. The lowest BCUT2D eigenvalue weighted by Crippen LogP contribution is -2.35. The Hall–Kier alpha value is -2.84. The summed E-state index contributed by atoms with van der Waals surface area (Å²) in [6.07, 6.45) is 0. The SMILES string of the molecule is COc1ccc2ccccc2c1-c1c([C]N(C(C)C)C(C)C)ccc2ccccc12. The molecule has 0 fully saturated rings. The number of nitrogens with zero attached hydrogens (tertiary/aromatic N) is 1. The quantitative estimate of drug-likeness (QED) is 0.321. The Morgan fingerprint density at radius 1 is 0.667 bits per heavy atom. The van der Waals surface area contributed by atoms with Crippen LogP contribution in [0.2, 0.25) is 0 Å². The molecule has 0 spiro atoms. The van der Waals surface area contributed by atoms with E-state index in [0.717, 1.165) is 16.9 Å². The first kappa shape index (κ1) is 20.4. The van der Waals surface area contributed by atoms with Gasteiger partial charge in [0.25, 0.3) is 0 Å². The van der Waals surface area contributed by atoms with E-state index in [2.05, 4.69) is 112 Å². The third-order valence-corrected chi connectivity index (χ3v) is 5.65. The minimum Gasteiger partial charge on any atom is -0.496 e. The number of ether oxygens (including phenoxy) is 1. The van der Waals surface area contributed by atoms with Crippen molar-refractivity contribution in [1.82, 2.24) is 4.90 Å². The number of methoxy groups -OCH3 is 1. The largest absolute Gasteiger partial charge is 0.496 e. The molecular formula is C28H29NO. The molecule has 0 aromatic heterocycles. The molecule has 0 heterocycles. The monoisotopic (exact) mass is 395 g/mol. The molecule has 0 unspecified atom stereocenters. The van der Waals surface area contributed by atoms with Crippen LogP contribution in [0, 0.1) is 6.54 Å². The highest BCUT2D eigenvalue weighted by Crippen LogP contribution is 2.43. The molecule has 0 saturated carbocycles. The van der Waals surface area contributed by atoms with Gasteiger partial charge in [-0.1, -0.05) is 66.7 Å². The average molecular weight is 396 g/mol. The van der Waals surface area contributed by atoms with Crippen molar-refractivity contribution in [1.29, 1.82) is 0 Å². The molecule has 0 aliphatic carbocycles. The summed E-state index contributed by atoms with van der Waals surface area (Å²) in [5.74, 6) is 0.883. The lowest BCUT2D eigenvalue weighted by atomic mass is 9.89. The molecule has 0 amide bonds. The molecule has 4 aromatic carbocycles. The maximum atomic E-state index is 5.87. The van der Waals surface area contributed by atoms with Gasteiger partial charge in [-0.15, -0.1) is 0 Å². The fourth-order valence-corrected chi connectivity index (χ4v) is 4.31. The summed E-state index contributed by atoms with van der Waals surface area (Å²) in [7, 11) is 1.75. The summed E-state index contributed by atoms with van der Waals surface area (Å²) in [5, 5.41) is 4.83. The van der Waals surface area contributed by atoms with Gasteiger partial charge in [-0.25, -0.2) is 0 Å². The van der Waals surface area contributed by atoms with Crippen molar-refractivity contribution < 1.29 is 4.74 Å². The minimum atomic E-state index is 0.360. The van der Waals surface area contributed by atoms with Crippen molar-refractivity contribution in [2.75, 3.05) is 7.11 Å². The molecule has 4 rings (SSSR count). The van der Waals surface area contributed by atoms with Gasteiger partial charge >= 0.3 is 0 Å². The zero-order valence-electron chi connectivity index (χ0n) is 18.4. The van der Waals surface area contributed by atoms with Gasteiger partial charge < -0.3 is 4.74 Å². The van der Waals surface area contributed by atoms with E-state index in [9.17, 15) is 0 Å². The summed E-state index contributed by atoms with van der Waals surface area (Å²) in [6.45, 7) is 12.6. The molecule has 152 valence electrons. The van der Waals surface area contributed by atoms with Crippen molar-refractivity contribution in [2.24, 2.45) is 0 Å². The molecule has 2 nitrogen and oxygen atoms in total. The molecule has 2 heteroatoms. The summed E-state index contributed by atoms with van der Waals surface area (Å²) in [6, 6.07) is 26.4. The first-order chi connectivity index (χ1) is 14.5. The van der Waals surface area contributed by atoms with E-state index in [1.165, 1.54) is 27.1 Å². The Kier molecular flexibility index (Phi) is 5.78. The molecular weight excluding hydrogens is 366 g/mol. The van der Waals surface area contributed by atoms with E-state index in [4.69, 9.17) is 4.74 Å². The maximum absolute atomic E-state index is 5.87.